The molecule has 0 saturated heterocycles. The molecule has 2 aromatic rings. The fourth-order valence-electron chi connectivity index (χ4n) is 1.47. The van der Waals surface area contributed by atoms with Crippen LogP contribution < -0.4 is 0 Å². The molecule has 0 radical (unpaired) electrons. The number of hydrogen-bond donors (Lipinski definition) is 2. The lowest BCUT2D eigenvalue weighted by Crippen LogP contribution is -2.00. The lowest BCUT2D eigenvalue weighted by Gasteiger charge is -1.97. The minimum atomic E-state index is -0.411. The van der Waals surface area contributed by atoms with Gasteiger partial charge in [-0.2, -0.15) is 0 Å². The van der Waals surface area contributed by atoms with E-state index >= 15 is 0 Å². The van der Waals surface area contributed by atoms with Crippen molar-refractivity contribution in [2.24, 2.45) is 0 Å². The van der Waals surface area contributed by atoms with Crippen LogP contribution in [0.5, 0.6) is 5.75 Å². The van der Waals surface area contributed by atoms with Gasteiger partial charge in [-0.25, -0.2) is 4.79 Å². The predicted molar refractivity (Wildman–Crippen MR) is 59.2 cm³/mol. The van der Waals surface area contributed by atoms with Crippen molar-refractivity contribution >= 4 is 5.97 Å². The lowest BCUT2D eigenvalue weighted by molar-refractivity contribution is 0.0595. The van der Waals surface area contributed by atoms with Crippen LogP contribution in [0.15, 0.2) is 36.5 Å². The molecule has 2 rings (SSSR count). The summed E-state index contributed by atoms with van der Waals surface area (Å²) in [6, 6.07) is 8.50. The number of H-pyrrole nitrogens is 1. The van der Waals surface area contributed by atoms with Crippen LogP contribution in [0.4, 0.5) is 0 Å². The van der Waals surface area contributed by atoms with Crippen LogP contribution in [0.25, 0.3) is 11.1 Å². The Labute approximate surface area is 92.5 Å². The maximum absolute atomic E-state index is 11.2. The van der Waals surface area contributed by atoms with Gasteiger partial charge in [-0.05, 0) is 23.8 Å². The largest absolute Gasteiger partial charge is 0.508 e. The summed E-state index contributed by atoms with van der Waals surface area (Å²) in [7, 11) is 1.33. The third-order valence-electron chi connectivity index (χ3n) is 2.27. The molecule has 0 aliphatic carbocycles. The highest BCUT2D eigenvalue weighted by Gasteiger charge is 2.09. The summed E-state index contributed by atoms with van der Waals surface area (Å²) in [5.74, 6) is -0.218. The van der Waals surface area contributed by atoms with Crippen LogP contribution in [0, 0.1) is 0 Å². The number of rotatable bonds is 2. The summed E-state index contributed by atoms with van der Waals surface area (Å²) in [4.78, 5) is 14.0. The normalized spacial score (nSPS) is 10.1. The first kappa shape index (κ1) is 10.3. The van der Waals surface area contributed by atoms with Gasteiger partial charge < -0.3 is 14.8 Å². The summed E-state index contributed by atoms with van der Waals surface area (Å²) >= 11 is 0. The van der Waals surface area contributed by atoms with Gasteiger partial charge in [0.25, 0.3) is 0 Å². The summed E-state index contributed by atoms with van der Waals surface area (Å²) in [5.41, 5.74) is 2.06. The molecule has 0 aliphatic rings. The highest BCUT2D eigenvalue weighted by Crippen LogP contribution is 2.23. The van der Waals surface area contributed by atoms with Crippen molar-refractivity contribution in [1.82, 2.24) is 4.98 Å². The number of carbonyl (C=O) groups is 1. The number of phenols is 1. The maximum atomic E-state index is 11.2. The second-order valence-electron chi connectivity index (χ2n) is 3.34. The van der Waals surface area contributed by atoms with E-state index in [1.54, 1.807) is 30.5 Å². The molecule has 0 unspecified atom stereocenters. The zero-order valence-electron chi connectivity index (χ0n) is 8.73. The van der Waals surface area contributed by atoms with Crippen LogP contribution in [0.3, 0.4) is 0 Å². The molecule has 0 aliphatic heterocycles. The summed E-state index contributed by atoms with van der Waals surface area (Å²) in [6.45, 7) is 0. The quantitative estimate of drug-likeness (QED) is 0.758. The first-order valence-corrected chi connectivity index (χ1v) is 4.77. The van der Waals surface area contributed by atoms with E-state index in [0.717, 1.165) is 11.1 Å². The highest BCUT2D eigenvalue weighted by atomic mass is 16.5. The molecular weight excluding hydrogens is 206 g/mol. The number of carbonyl (C=O) groups excluding carboxylic acids is 1. The van der Waals surface area contributed by atoms with Gasteiger partial charge in [0.1, 0.15) is 11.4 Å². The molecule has 1 aromatic carbocycles. The number of aromatic amines is 1. The van der Waals surface area contributed by atoms with Gasteiger partial charge in [0.15, 0.2) is 0 Å². The number of aromatic hydroxyl groups is 1. The number of hydrogen-bond acceptors (Lipinski definition) is 3. The van der Waals surface area contributed by atoms with Gasteiger partial charge in [0.2, 0.25) is 0 Å². The van der Waals surface area contributed by atoms with Gasteiger partial charge in [0, 0.05) is 11.8 Å². The van der Waals surface area contributed by atoms with Gasteiger partial charge in [0.05, 0.1) is 7.11 Å². The van der Waals surface area contributed by atoms with E-state index in [1.807, 2.05) is 6.07 Å². The molecule has 4 heteroatoms. The molecule has 0 bridgehead atoms. The molecule has 1 heterocycles. The summed E-state index contributed by atoms with van der Waals surface area (Å²) < 4.78 is 4.59. The SMILES string of the molecule is COC(=O)c1cc(-c2cccc(O)c2)c[nH]1. The molecule has 0 saturated carbocycles. The number of ether oxygens (including phenoxy) is 1. The maximum Gasteiger partial charge on any atom is 0.354 e. The Morgan fingerprint density at radius 2 is 2.12 bits per heavy atom. The van der Waals surface area contributed by atoms with E-state index < -0.39 is 5.97 Å². The molecule has 82 valence electrons. The van der Waals surface area contributed by atoms with Gasteiger partial charge in [-0.1, -0.05) is 12.1 Å². The standard InChI is InChI=1S/C12H11NO3/c1-16-12(15)11-6-9(7-13-11)8-3-2-4-10(14)5-8/h2-7,13-14H,1H3. The van der Waals surface area contributed by atoms with Crippen molar-refractivity contribution in [3.8, 4) is 16.9 Å². The minimum absolute atomic E-state index is 0.193. The molecule has 0 fully saturated rings. The number of methoxy groups -OCH3 is 1. The molecule has 0 amide bonds. The third kappa shape index (κ3) is 1.91. The van der Waals surface area contributed by atoms with E-state index in [1.165, 1.54) is 7.11 Å². The number of benzene rings is 1. The second kappa shape index (κ2) is 4.10. The van der Waals surface area contributed by atoms with E-state index in [-0.39, 0.29) is 5.75 Å². The molecule has 4 nitrogen and oxygen atoms in total. The number of phenolic OH excluding ortho intramolecular Hbond substituents is 1. The average Bonchev–Trinajstić information content (AvgIpc) is 2.77. The smallest absolute Gasteiger partial charge is 0.354 e. The van der Waals surface area contributed by atoms with E-state index in [0.29, 0.717) is 5.69 Å². The van der Waals surface area contributed by atoms with E-state index in [2.05, 4.69) is 9.72 Å². The topological polar surface area (TPSA) is 62.3 Å². The fraction of sp³-hybridized carbons (Fsp3) is 0.0833. The fourth-order valence-corrected chi connectivity index (χ4v) is 1.47. The van der Waals surface area contributed by atoms with Gasteiger partial charge >= 0.3 is 5.97 Å². The average molecular weight is 217 g/mol. The van der Waals surface area contributed by atoms with Crippen molar-refractivity contribution in [2.45, 2.75) is 0 Å². The zero-order chi connectivity index (χ0) is 11.5. The minimum Gasteiger partial charge on any atom is -0.508 e. The predicted octanol–water partition coefficient (Wildman–Crippen LogP) is 2.17. The lowest BCUT2D eigenvalue weighted by atomic mass is 10.1. The Bertz CT molecular complexity index is 516. The Morgan fingerprint density at radius 3 is 2.81 bits per heavy atom. The monoisotopic (exact) mass is 217 g/mol. The van der Waals surface area contributed by atoms with Crippen LogP contribution in [0.1, 0.15) is 10.5 Å². The Kier molecular flexibility index (Phi) is 2.64. The van der Waals surface area contributed by atoms with Crippen molar-refractivity contribution in [3.05, 3.63) is 42.2 Å². The number of esters is 1. The van der Waals surface area contributed by atoms with Crippen molar-refractivity contribution in [1.29, 1.82) is 0 Å². The van der Waals surface area contributed by atoms with Crippen molar-refractivity contribution in [2.75, 3.05) is 7.11 Å². The van der Waals surface area contributed by atoms with Crippen LogP contribution in [0.2, 0.25) is 0 Å². The highest BCUT2D eigenvalue weighted by molar-refractivity contribution is 5.89. The van der Waals surface area contributed by atoms with E-state index in [4.69, 9.17) is 0 Å². The molecule has 0 atom stereocenters. The molecule has 16 heavy (non-hydrogen) atoms. The Balaban J connectivity index is 2.35. The number of nitrogens with one attached hydrogen (secondary N) is 1. The van der Waals surface area contributed by atoms with Crippen LogP contribution in [-0.2, 0) is 4.74 Å². The summed E-state index contributed by atoms with van der Waals surface area (Å²) in [6.07, 6.45) is 1.70. The van der Waals surface area contributed by atoms with Gasteiger partial charge in [-0.3, -0.25) is 0 Å². The zero-order valence-corrected chi connectivity index (χ0v) is 8.73. The molecule has 0 spiro atoms. The van der Waals surface area contributed by atoms with Crippen molar-refractivity contribution in [3.63, 3.8) is 0 Å². The van der Waals surface area contributed by atoms with Crippen LogP contribution in [-0.4, -0.2) is 23.2 Å². The third-order valence-corrected chi connectivity index (χ3v) is 2.27. The molecule has 2 N–H and O–H groups in total. The first-order valence-electron chi connectivity index (χ1n) is 4.77. The van der Waals surface area contributed by atoms with E-state index in [9.17, 15) is 9.90 Å². The molecule has 1 aromatic heterocycles. The Hall–Kier alpha value is -2.23. The number of aromatic nitrogens is 1. The molecular formula is C12H11NO3. The second-order valence-corrected chi connectivity index (χ2v) is 3.34. The van der Waals surface area contributed by atoms with Crippen LogP contribution >= 0.6 is 0 Å². The summed E-state index contributed by atoms with van der Waals surface area (Å²) in [5, 5.41) is 9.33. The first-order chi connectivity index (χ1) is 7.70. The van der Waals surface area contributed by atoms with Gasteiger partial charge in [-0.15, -0.1) is 0 Å². The van der Waals surface area contributed by atoms with Crippen molar-refractivity contribution < 1.29 is 14.6 Å². The Morgan fingerprint density at radius 1 is 1.31 bits per heavy atom.